The number of hydrogen-bond donors (Lipinski definition) is 8. The van der Waals surface area contributed by atoms with Gasteiger partial charge in [-0.25, -0.2) is 4.79 Å². The maximum Gasteiger partial charge on any atom is 0.326 e. The van der Waals surface area contributed by atoms with Crippen molar-refractivity contribution in [1.82, 2.24) is 16.0 Å². The standard InChI is InChI=1S/C15H27N5O6S3/c1-29-3-2-8(13(23)19-9(15(25)26)4-11(17)21)18-14(24)10(6-28)20-12(22)7(16)5-27/h7-10,27-28H,2-6,16H2,1H3,(H2,17,21)(H,18,24)(H,19,23)(H,20,22)(H,25,26). The summed E-state index contributed by atoms with van der Waals surface area (Å²) in [5.74, 6) is -3.94. The van der Waals surface area contributed by atoms with Crippen LogP contribution < -0.4 is 27.4 Å². The van der Waals surface area contributed by atoms with Crippen LogP contribution in [0.4, 0.5) is 0 Å². The summed E-state index contributed by atoms with van der Waals surface area (Å²) in [5.41, 5.74) is 10.5. The Bertz CT molecular complexity index is 609. The number of thiol groups is 2. The highest BCUT2D eigenvalue weighted by atomic mass is 32.2. The Hall–Kier alpha value is -1.64. The molecule has 0 saturated heterocycles. The van der Waals surface area contributed by atoms with Crippen LogP contribution in [0.5, 0.6) is 0 Å². The molecular weight excluding hydrogens is 442 g/mol. The van der Waals surface area contributed by atoms with Crippen molar-refractivity contribution in [3.05, 3.63) is 0 Å². The average Bonchev–Trinajstić information content (AvgIpc) is 2.66. The molecule has 0 bridgehead atoms. The minimum atomic E-state index is -1.53. The number of carboxylic acids is 1. The maximum absolute atomic E-state index is 12.5. The quantitative estimate of drug-likeness (QED) is 0.126. The second kappa shape index (κ2) is 14.4. The first kappa shape index (κ1) is 27.4. The normalized spacial score (nSPS) is 14.8. The first-order valence-electron chi connectivity index (χ1n) is 8.45. The fourth-order valence-corrected chi connectivity index (χ4v) is 2.90. The van der Waals surface area contributed by atoms with Gasteiger partial charge in [0.1, 0.15) is 18.1 Å². The smallest absolute Gasteiger partial charge is 0.326 e. The van der Waals surface area contributed by atoms with E-state index in [-0.39, 0.29) is 17.9 Å². The predicted octanol–water partition coefficient (Wildman–Crippen LogP) is -2.66. The van der Waals surface area contributed by atoms with Gasteiger partial charge in [0.15, 0.2) is 0 Å². The highest BCUT2D eigenvalue weighted by molar-refractivity contribution is 7.98. The number of carboxylic acid groups (broad SMARTS) is 1. The Morgan fingerprint density at radius 1 is 0.931 bits per heavy atom. The molecule has 0 aliphatic rings. The SMILES string of the molecule is CSCCC(NC(=O)C(CS)NC(=O)C(N)CS)C(=O)NC(CC(N)=O)C(=O)O. The monoisotopic (exact) mass is 469 g/mol. The Balaban J connectivity index is 5.21. The molecule has 0 spiro atoms. The van der Waals surface area contributed by atoms with Gasteiger partial charge in [-0.3, -0.25) is 19.2 Å². The highest BCUT2D eigenvalue weighted by Gasteiger charge is 2.30. The Morgan fingerprint density at radius 2 is 1.45 bits per heavy atom. The van der Waals surface area contributed by atoms with Crippen molar-refractivity contribution in [2.75, 3.05) is 23.5 Å². The summed E-state index contributed by atoms with van der Waals surface area (Å²) in [6, 6.07) is -4.61. The lowest BCUT2D eigenvalue weighted by Gasteiger charge is -2.24. The molecule has 0 radical (unpaired) electrons. The van der Waals surface area contributed by atoms with Crippen molar-refractivity contribution in [3.8, 4) is 0 Å². The van der Waals surface area contributed by atoms with Gasteiger partial charge >= 0.3 is 5.97 Å². The molecule has 0 aliphatic carbocycles. The third-order valence-electron chi connectivity index (χ3n) is 3.61. The van der Waals surface area contributed by atoms with Crippen molar-refractivity contribution in [2.45, 2.75) is 37.0 Å². The predicted molar refractivity (Wildman–Crippen MR) is 116 cm³/mol. The maximum atomic E-state index is 12.5. The zero-order valence-electron chi connectivity index (χ0n) is 15.8. The number of hydrogen-bond acceptors (Lipinski definition) is 9. The first-order valence-corrected chi connectivity index (χ1v) is 11.1. The van der Waals surface area contributed by atoms with Crippen molar-refractivity contribution in [1.29, 1.82) is 0 Å². The summed E-state index contributed by atoms with van der Waals surface area (Å²) in [4.78, 5) is 59.0. The number of amides is 4. The Labute approximate surface area is 183 Å². The molecule has 0 saturated carbocycles. The van der Waals surface area contributed by atoms with Crippen LogP contribution in [0.2, 0.25) is 0 Å². The summed E-state index contributed by atoms with van der Waals surface area (Å²) in [5, 5.41) is 16.2. The molecule has 0 aromatic carbocycles. The lowest BCUT2D eigenvalue weighted by Crippen LogP contribution is -2.58. The van der Waals surface area contributed by atoms with Crippen LogP contribution in [0.1, 0.15) is 12.8 Å². The zero-order valence-corrected chi connectivity index (χ0v) is 18.4. The number of primary amides is 1. The molecule has 14 heteroatoms. The van der Waals surface area contributed by atoms with Gasteiger partial charge in [0.25, 0.3) is 0 Å². The van der Waals surface area contributed by atoms with Crippen molar-refractivity contribution < 1.29 is 29.1 Å². The van der Waals surface area contributed by atoms with Crippen molar-refractivity contribution in [2.24, 2.45) is 11.5 Å². The first-order chi connectivity index (χ1) is 13.6. The summed E-state index contributed by atoms with van der Waals surface area (Å²) < 4.78 is 0. The fourth-order valence-electron chi connectivity index (χ4n) is 2.01. The van der Waals surface area contributed by atoms with Gasteiger partial charge < -0.3 is 32.5 Å². The third-order valence-corrected chi connectivity index (χ3v) is 5.02. The van der Waals surface area contributed by atoms with Crippen molar-refractivity contribution >= 4 is 66.6 Å². The summed E-state index contributed by atoms with van der Waals surface area (Å²) in [6.07, 6.45) is 1.38. The number of rotatable bonds is 14. The van der Waals surface area contributed by atoms with E-state index in [1.165, 1.54) is 11.8 Å². The minimum Gasteiger partial charge on any atom is -0.480 e. The van der Waals surface area contributed by atoms with Gasteiger partial charge in [0.2, 0.25) is 23.6 Å². The van der Waals surface area contributed by atoms with E-state index in [1.807, 2.05) is 0 Å². The van der Waals surface area contributed by atoms with Crippen LogP contribution in [0, 0.1) is 0 Å². The van der Waals surface area contributed by atoms with Crippen LogP contribution in [0.15, 0.2) is 0 Å². The topological polar surface area (TPSA) is 194 Å². The van der Waals surface area contributed by atoms with Gasteiger partial charge in [-0.15, -0.1) is 0 Å². The molecular formula is C15H27N5O6S3. The zero-order chi connectivity index (χ0) is 22.6. The lowest BCUT2D eigenvalue weighted by molar-refractivity contribution is -0.143. The largest absolute Gasteiger partial charge is 0.480 e. The van der Waals surface area contributed by atoms with E-state index in [2.05, 4.69) is 41.2 Å². The molecule has 166 valence electrons. The Morgan fingerprint density at radius 3 is 1.90 bits per heavy atom. The van der Waals surface area contributed by atoms with Crippen LogP contribution in [0.25, 0.3) is 0 Å². The summed E-state index contributed by atoms with van der Waals surface area (Å²) in [6.45, 7) is 0. The van der Waals surface area contributed by atoms with E-state index in [0.29, 0.717) is 5.75 Å². The van der Waals surface area contributed by atoms with Crippen LogP contribution in [0.3, 0.4) is 0 Å². The number of nitrogens with two attached hydrogens (primary N) is 2. The van der Waals surface area contributed by atoms with Crippen LogP contribution in [-0.2, 0) is 24.0 Å². The summed E-state index contributed by atoms with van der Waals surface area (Å²) in [7, 11) is 0. The van der Waals surface area contributed by atoms with E-state index >= 15 is 0 Å². The van der Waals surface area contributed by atoms with Gasteiger partial charge in [-0.2, -0.15) is 37.0 Å². The second-order valence-corrected chi connectivity index (χ2v) is 7.66. The molecule has 4 unspecified atom stereocenters. The second-order valence-electron chi connectivity index (χ2n) is 5.95. The summed E-state index contributed by atoms with van der Waals surface area (Å²) >= 11 is 9.34. The molecule has 8 N–H and O–H groups in total. The van der Waals surface area contributed by atoms with E-state index in [1.54, 1.807) is 6.26 Å². The molecule has 0 aliphatic heterocycles. The highest BCUT2D eigenvalue weighted by Crippen LogP contribution is 2.04. The molecule has 0 heterocycles. The minimum absolute atomic E-state index is 0.0623. The number of aliphatic carboxylic acids is 1. The molecule has 0 aromatic heterocycles. The number of nitrogens with one attached hydrogen (secondary N) is 3. The molecule has 11 nitrogen and oxygen atoms in total. The molecule has 4 amide bonds. The van der Waals surface area contributed by atoms with E-state index in [0.717, 1.165) is 0 Å². The number of carbonyl (C=O) groups excluding carboxylic acids is 4. The number of carbonyl (C=O) groups is 5. The van der Waals surface area contributed by atoms with Crippen molar-refractivity contribution in [3.63, 3.8) is 0 Å². The van der Waals surface area contributed by atoms with Gasteiger partial charge in [0.05, 0.1) is 12.5 Å². The average molecular weight is 470 g/mol. The van der Waals surface area contributed by atoms with Gasteiger partial charge in [0, 0.05) is 11.5 Å². The molecule has 0 rings (SSSR count). The lowest BCUT2D eigenvalue weighted by atomic mass is 10.1. The molecule has 29 heavy (non-hydrogen) atoms. The van der Waals surface area contributed by atoms with Gasteiger partial charge in [-0.1, -0.05) is 0 Å². The molecule has 4 atom stereocenters. The molecule has 0 fully saturated rings. The van der Waals surface area contributed by atoms with E-state index in [4.69, 9.17) is 16.6 Å². The van der Waals surface area contributed by atoms with Gasteiger partial charge in [-0.05, 0) is 18.4 Å². The van der Waals surface area contributed by atoms with E-state index in [9.17, 15) is 24.0 Å². The van der Waals surface area contributed by atoms with E-state index < -0.39 is 60.2 Å². The van der Waals surface area contributed by atoms with Crippen LogP contribution in [-0.4, -0.2) is 82.4 Å². The third kappa shape index (κ3) is 10.6. The Kier molecular flexibility index (Phi) is 13.5. The van der Waals surface area contributed by atoms with Crippen LogP contribution >= 0.6 is 37.0 Å². The molecule has 0 aromatic rings. The number of thioether (sulfide) groups is 1. The fraction of sp³-hybridized carbons (Fsp3) is 0.667.